The zero-order valence-corrected chi connectivity index (χ0v) is 14.2. The number of hydrogen-bond donors (Lipinski definition) is 4. The molecule has 0 saturated heterocycles. The average molecular weight is 329 g/mol. The summed E-state index contributed by atoms with van der Waals surface area (Å²) >= 11 is 0. The second-order valence-electron chi connectivity index (χ2n) is 5.65. The molecule has 0 aliphatic heterocycles. The highest BCUT2D eigenvalue weighted by molar-refractivity contribution is 5.72. The molecule has 0 unspecified atom stereocenters. The summed E-state index contributed by atoms with van der Waals surface area (Å²) in [5, 5.41) is 4.90. The van der Waals surface area contributed by atoms with Crippen LogP contribution in [0.15, 0.2) is 36.5 Å². The van der Waals surface area contributed by atoms with E-state index in [0.717, 1.165) is 5.69 Å². The summed E-state index contributed by atoms with van der Waals surface area (Å²) in [5.41, 5.74) is 11.8. The number of para-hydroxylation sites is 2. The predicted molar refractivity (Wildman–Crippen MR) is 99.8 cm³/mol. The maximum atomic E-state index is 6.15. The number of hydrogen-bond acceptors (Lipinski definition) is 7. The van der Waals surface area contributed by atoms with E-state index >= 15 is 0 Å². The first-order valence-corrected chi connectivity index (χ1v) is 8.30. The largest absolute Gasteiger partial charge is 0.397 e. The lowest BCUT2D eigenvalue weighted by Gasteiger charge is -2.24. The molecular formula is C17H27N7. The summed E-state index contributed by atoms with van der Waals surface area (Å²) in [4.78, 5) is 8.80. The number of nitrogens with zero attached hydrogens (tertiary/aromatic N) is 3. The number of benzene rings is 1. The highest BCUT2D eigenvalue weighted by Crippen LogP contribution is 2.26. The van der Waals surface area contributed by atoms with Crippen LogP contribution in [0, 0.1) is 0 Å². The van der Waals surface area contributed by atoms with Crippen LogP contribution in [-0.4, -0.2) is 23.1 Å². The molecule has 1 heterocycles. The predicted octanol–water partition coefficient (Wildman–Crippen LogP) is 2.39. The molecule has 0 atom stereocenters. The van der Waals surface area contributed by atoms with Gasteiger partial charge in [0.2, 0.25) is 5.95 Å². The molecule has 1 fully saturated rings. The lowest BCUT2D eigenvalue weighted by molar-refractivity contribution is 0.461. The fraction of sp³-hybridized carbons (Fsp3) is 0.412. The third-order valence-electron chi connectivity index (χ3n) is 4.02. The molecular weight excluding hydrogens is 302 g/mol. The minimum absolute atomic E-state index is 0.456. The van der Waals surface area contributed by atoms with Crippen LogP contribution in [-0.2, 0) is 0 Å². The monoisotopic (exact) mass is 329 g/mol. The highest BCUT2D eigenvalue weighted by Gasteiger charge is 2.15. The van der Waals surface area contributed by atoms with Crippen molar-refractivity contribution < 1.29 is 0 Å². The molecule has 24 heavy (non-hydrogen) atoms. The van der Waals surface area contributed by atoms with E-state index in [0.29, 0.717) is 23.5 Å². The van der Waals surface area contributed by atoms with Gasteiger partial charge in [-0.1, -0.05) is 31.4 Å². The molecule has 1 aliphatic carbocycles. The molecule has 0 spiro atoms. The number of anilines is 4. The van der Waals surface area contributed by atoms with Gasteiger partial charge in [0.1, 0.15) is 0 Å². The Kier molecular flexibility index (Phi) is 6.77. The van der Waals surface area contributed by atoms with E-state index in [-0.39, 0.29) is 0 Å². The molecule has 1 aliphatic rings. The van der Waals surface area contributed by atoms with E-state index in [2.05, 4.69) is 21.0 Å². The van der Waals surface area contributed by atoms with E-state index < -0.39 is 0 Å². The summed E-state index contributed by atoms with van der Waals surface area (Å²) < 4.78 is 0. The van der Waals surface area contributed by atoms with Gasteiger partial charge in [0.25, 0.3) is 0 Å². The van der Waals surface area contributed by atoms with Crippen LogP contribution in [0.3, 0.4) is 0 Å². The van der Waals surface area contributed by atoms with Gasteiger partial charge in [-0.3, -0.25) is 5.01 Å². The number of rotatable bonds is 4. The molecule has 0 bridgehead atoms. The minimum atomic E-state index is 0.456. The first-order valence-electron chi connectivity index (χ1n) is 8.30. The lowest BCUT2D eigenvalue weighted by Crippen LogP contribution is -2.28. The van der Waals surface area contributed by atoms with Crippen molar-refractivity contribution in [3.8, 4) is 0 Å². The van der Waals surface area contributed by atoms with Gasteiger partial charge in [0.15, 0.2) is 5.82 Å². The molecule has 7 N–H and O–H groups in total. The van der Waals surface area contributed by atoms with E-state index in [1.165, 1.54) is 44.2 Å². The summed E-state index contributed by atoms with van der Waals surface area (Å²) in [6.07, 6.45) is 7.91. The van der Waals surface area contributed by atoms with E-state index in [9.17, 15) is 0 Å². The quantitative estimate of drug-likeness (QED) is 0.386. The van der Waals surface area contributed by atoms with Crippen molar-refractivity contribution in [3.05, 3.63) is 36.5 Å². The SMILES string of the molecule is CN.Nc1ccccc1N(N)c1ccnc(NC2CCCCC2)n1. The standard InChI is InChI=1S/C16H22N6.CH5N/c17-13-8-4-5-9-14(13)22(18)15-10-11-19-16(21-15)20-12-6-2-1-3-7-12;1-2/h4-5,8-12H,1-3,6-7,17-18H2,(H,19,20,21);2H2,1H3. The summed E-state index contributed by atoms with van der Waals surface area (Å²) in [7, 11) is 1.50. The maximum absolute atomic E-state index is 6.15. The van der Waals surface area contributed by atoms with E-state index in [1.54, 1.807) is 12.3 Å². The number of nitrogens with two attached hydrogens (primary N) is 3. The maximum Gasteiger partial charge on any atom is 0.224 e. The van der Waals surface area contributed by atoms with Crippen LogP contribution in [0.5, 0.6) is 0 Å². The Balaban J connectivity index is 0.00000100. The molecule has 3 rings (SSSR count). The van der Waals surface area contributed by atoms with Crippen LogP contribution in [0.1, 0.15) is 32.1 Å². The third-order valence-corrected chi connectivity index (χ3v) is 4.02. The van der Waals surface area contributed by atoms with Gasteiger partial charge >= 0.3 is 0 Å². The fourth-order valence-corrected chi connectivity index (χ4v) is 2.81. The van der Waals surface area contributed by atoms with Crippen molar-refractivity contribution in [2.24, 2.45) is 11.6 Å². The van der Waals surface area contributed by atoms with Crippen LogP contribution in [0.25, 0.3) is 0 Å². The Morgan fingerprint density at radius 1 is 1.08 bits per heavy atom. The summed E-state index contributed by atoms with van der Waals surface area (Å²) in [6, 6.07) is 9.69. The van der Waals surface area contributed by atoms with Crippen LogP contribution >= 0.6 is 0 Å². The number of nitrogens with one attached hydrogen (secondary N) is 1. The number of aromatic nitrogens is 2. The van der Waals surface area contributed by atoms with Crippen molar-refractivity contribution in [1.29, 1.82) is 0 Å². The fourth-order valence-electron chi connectivity index (χ4n) is 2.81. The third kappa shape index (κ3) is 4.56. The van der Waals surface area contributed by atoms with E-state index in [1.807, 2.05) is 24.3 Å². The second-order valence-corrected chi connectivity index (χ2v) is 5.65. The van der Waals surface area contributed by atoms with Crippen LogP contribution < -0.4 is 27.6 Å². The molecule has 1 saturated carbocycles. The van der Waals surface area contributed by atoms with Crippen molar-refractivity contribution in [1.82, 2.24) is 9.97 Å². The normalized spacial score (nSPS) is 14.5. The molecule has 0 amide bonds. The van der Waals surface area contributed by atoms with Crippen LogP contribution in [0.4, 0.5) is 23.1 Å². The molecule has 130 valence electrons. The molecule has 0 radical (unpaired) electrons. The van der Waals surface area contributed by atoms with Gasteiger partial charge in [-0.2, -0.15) is 4.98 Å². The van der Waals surface area contributed by atoms with Gasteiger partial charge in [0.05, 0.1) is 11.4 Å². The van der Waals surface area contributed by atoms with Gasteiger partial charge < -0.3 is 16.8 Å². The zero-order chi connectivity index (χ0) is 17.4. The molecule has 2 aromatic rings. The number of nitrogen functional groups attached to an aromatic ring is 1. The number of hydrazine groups is 1. The minimum Gasteiger partial charge on any atom is -0.397 e. The van der Waals surface area contributed by atoms with Crippen molar-refractivity contribution in [2.45, 2.75) is 38.1 Å². The Morgan fingerprint density at radius 3 is 2.50 bits per heavy atom. The second kappa shape index (κ2) is 9.05. The molecule has 7 nitrogen and oxygen atoms in total. The first-order chi connectivity index (χ1) is 11.7. The molecule has 7 heteroatoms. The molecule has 1 aromatic heterocycles. The highest BCUT2D eigenvalue weighted by atomic mass is 15.4. The van der Waals surface area contributed by atoms with Crippen molar-refractivity contribution >= 4 is 23.1 Å². The summed E-state index contributed by atoms with van der Waals surface area (Å²) in [5.74, 6) is 7.39. The van der Waals surface area contributed by atoms with Gasteiger partial charge in [-0.25, -0.2) is 10.8 Å². The lowest BCUT2D eigenvalue weighted by atomic mass is 9.96. The van der Waals surface area contributed by atoms with Crippen molar-refractivity contribution in [2.75, 3.05) is 23.1 Å². The Bertz CT molecular complexity index is 626. The Labute approximate surface area is 143 Å². The Morgan fingerprint density at radius 2 is 1.79 bits per heavy atom. The zero-order valence-electron chi connectivity index (χ0n) is 14.2. The first kappa shape index (κ1) is 18.0. The van der Waals surface area contributed by atoms with Gasteiger partial charge in [-0.05, 0) is 32.0 Å². The Hall–Kier alpha value is -2.38. The summed E-state index contributed by atoms with van der Waals surface area (Å²) in [6.45, 7) is 0. The average Bonchev–Trinajstić information content (AvgIpc) is 2.64. The van der Waals surface area contributed by atoms with Gasteiger partial charge in [-0.15, -0.1) is 0 Å². The topological polar surface area (TPSA) is 119 Å². The van der Waals surface area contributed by atoms with E-state index in [4.69, 9.17) is 11.6 Å². The smallest absolute Gasteiger partial charge is 0.224 e. The van der Waals surface area contributed by atoms with Gasteiger partial charge in [0, 0.05) is 18.3 Å². The molecule has 1 aromatic carbocycles. The van der Waals surface area contributed by atoms with Crippen molar-refractivity contribution in [3.63, 3.8) is 0 Å². The van der Waals surface area contributed by atoms with Crippen LogP contribution in [0.2, 0.25) is 0 Å².